The maximum Gasteiger partial charge on any atom is 0.298 e. The van der Waals surface area contributed by atoms with Crippen molar-refractivity contribution in [3.05, 3.63) is 95.6 Å². The summed E-state index contributed by atoms with van der Waals surface area (Å²) >= 11 is 0. The van der Waals surface area contributed by atoms with Crippen molar-refractivity contribution in [3.8, 4) is 0 Å². The molecule has 0 bridgehead atoms. The molecule has 152 valence electrons. The monoisotopic (exact) mass is 405 g/mol. The Hall–Kier alpha value is -3.25. The highest BCUT2D eigenvalue weighted by molar-refractivity contribution is 5.74. The highest BCUT2D eigenvalue weighted by atomic mass is 19.1. The lowest BCUT2D eigenvalue weighted by molar-refractivity contribution is 0.209. The predicted octanol–water partition coefficient (Wildman–Crippen LogP) is 5.02. The van der Waals surface area contributed by atoms with Crippen molar-refractivity contribution >= 4 is 17.1 Å². The third-order valence-electron chi connectivity index (χ3n) is 5.60. The number of hydrogen-bond acceptors (Lipinski definition) is 4. The number of anilines is 1. The maximum atomic E-state index is 13.5. The lowest BCUT2D eigenvalue weighted by Gasteiger charge is -2.39. The van der Waals surface area contributed by atoms with E-state index in [4.69, 9.17) is 4.42 Å². The van der Waals surface area contributed by atoms with Crippen molar-refractivity contribution in [2.45, 2.75) is 6.04 Å². The topological polar surface area (TPSA) is 32.5 Å². The fourth-order valence-electron chi connectivity index (χ4n) is 4.07. The molecule has 4 aromatic rings. The highest BCUT2D eigenvalue weighted by Gasteiger charge is 2.28. The van der Waals surface area contributed by atoms with Crippen LogP contribution >= 0.6 is 0 Å². The molecule has 2 heterocycles. The molecule has 0 amide bonds. The van der Waals surface area contributed by atoms with Crippen molar-refractivity contribution in [2.24, 2.45) is 0 Å². The second kappa shape index (κ2) is 7.88. The van der Waals surface area contributed by atoms with Crippen LogP contribution in [0.15, 0.2) is 77.2 Å². The van der Waals surface area contributed by atoms with E-state index in [0.29, 0.717) is 6.01 Å². The van der Waals surface area contributed by atoms with Crippen molar-refractivity contribution in [1.29, 1.82) is 0 Å². The van der Waals surface area contributed by atoms with Gasteiger partial charge in [0.15, 0.2) is 5.58 Å². The van der Waals surface area contributed by atoms with Crippen molar-refractivity contribution in [3.63, 3.8) is 0 Å². The second-order valence-corrected chi connectivity index (χ2v) is 7.49. The molecule has 4 nitrogen and oxygen atoms in total. The molecule has 0 saturated carbocycles. The van der Waals surface area contributed by atoms with E-state index in [-0.39, 0.29) is 17.7 Å². The minimum Gasteiger partial charge on any atom is -0.423 e. The Morgan fingerprint density at radius 3 is 1.87 bits per heavy atom. The van der Waals surface area contributed by atoms with Crippen LogP contribution in [-0.2, 0) is 0 Å². The fraction of sp³-hybridized carbons (Fsp3) is 0.208. The maximum absolute atomic E-state index is 13.5. The summed E-state index contributed by atoms with van der Waals surface area (Å²) < 4.78 is 32.9. The van der Waals surface area contributed by atoms with Gasteiger partial charge >= 0.3 is 0 Å². The van der Waals surface area contributed by atoms with Gasteiger partial charge in [-0.25, -0.2) is 8.78 Å². The molecule has 0 atom stereocenters. The molecule has 0 unspecified atom stereocenters. The zero-order chi connectivity index (χ0) is 20.5. The lowest BCUT2D eigenvalue weighted by atomic mass is 9.96. The van der Waals surface area contributed by atoms with E-state index >= 15 is 0 Å². The van der Waals surface area contributed by atoms with Gasteiger partial charge in [0.1, 0.15) is 17.2 Å². The van der Waals surface area contributed by atoms with Gasteiger partial charge in [0.05, 0.1) is 6.04 Å². The number of fused-ring (bicyclic) bond motifs is 1. The van der Waals surface area contributed by atoms with Crippen LogP contribution in [0.3, 0.4) is 0 Å². The summed E-state index contributed by atoms with van der Waals surface area (Å²) in [7, 11) is 0. The minimum absolute atomic E-state index is 0.0722. The van der Waals surface area contributed by atoms with Crippen LogP contribution in [0.2, 0.25) is 0 Å². The average Bonchev–Trinajstić information content (AvgIpc) is 3.21. The SMILES string of the molecule is Fc1ccc(C(c2ccc(F)cc2)N2CCN(c3nc4ccccc4o3)CC2)cc1. The molecule has 30 heavy (non-hydrogen) atoms. The normalized spacial score (nSPS) is 15.2. The number of aromatic nitrogens is 1. The highest BCUT2D eigenvalue weighted by Crippen LogP contribution is 2.31. The Morgan fingerprint density at radius 1 is 0.733 bits per heavy atom. The van der Waals surface area contributed by atoms with Crippen LogP contribution in [0, 0.1) is 11.6 Å². The predicted molar refractivity (Wildman–Crippen MR) is 112 cm³/mol. The van der Waals surface area contributed by atoms with Gasteiger partial charge < -0.3 is 9.32 Å². The molecule has 3 aromatic carbocycles. The molecular formula is C24H21F2N3O. The quantitative estimate of drug-likeness (QED) is 0.477. The van der Waals surface area contributed by atoms with Gasteiger partial charge in [-0.05, 0) is 47.5 Å². The molecule has 5 rings (SSSR count). The molecule has 6 heteroatoms. The van der Waals surface area contributed by atoms with E-state index in [1.165, 1.54) is 24.3 Å². The van der Waals surface area contributed by atoms with Crippen molar-refractivity contribution in [1.82, 2.24) is 9.88 Å². The van der Waals surface area contributed by atoms with E-state index in [9.17, 15) is 8.78 Å². The molecular weight excluding hydrogens is 384 g/mol. The van der Waals surface area contributed by atoms with E-state index in [1.807, 2.05) is 24.3 Å². The van der Waals surface area contributed by atoms with Crippen LogP contribution < -0.4 is 4.90 Å². The number of para-hydroxylation sites is 2. The van der Waals surface area contributed by atoms with E-state index < -0.39 is 0 Å². The number of benzene rings is 3. The summed E-state index contributed by atoms with van der Waals surface area (Å²) in [5.41, 5.74) is 3.60. The molecule has 0 N–H and O–H groups in total. The molecule has 0 spiro atoms. The van der Waals surface area contributed by atoms with Crippen LogP contribution in [0.4, 0.5) is 14.8 Å². The van der Waals surface area contributed by atoms with Gasteiger partial charge in [0, 0.05) is 26.2 Å². The second-order valence-electron chi connectivity index (χ2n) is 7.49. The minimum atomic E-state index is -0.266. The van der Waals surface area contributed by atoms with Crippen LogP contribution in [0.5, 0.6) is 0 Å². The summed E-state index contributed by atoms with van der Waals surface area (Å²) in [6, 6.07) is 21.4. The van der Waals surface area contributed by atoms with Crippen LogP contribution in [0.25, 0.3) is 11.1 Å². The Bertz CT molecular complexity index is 1050. The van der Waals surface area contributed by atoms with Gasteiger partial charge in [0.25, 0.3) is 6.01 Å². The van der Waals surface area contributed by atoms with Gasteiger partial charge in [0.2, 0.25) is 0 Å². The summed E-state index contributed by atoms with van der Waals surface area (Å²) in [5, 5.41) is 0. The van der Waals surface area contributed by atoms with Gasteiger partial charge in [-0.15, -0.1) is 0 Å². The van der Waals surface area contributed by atoms with Gasteiger partial charge in [-0.2, -0.15) is 4.98 Å². The molecule has 1 fully saturated rings. The number of hydrogen-bond donors (Lipinski definition) is 0. The average molecular weight is 405 g/mol. The first-order valence-corrected chi connectivity index (χ1v) is 10.0. The first-order valence-electron chi connectivity index (χ1n) is 10.0. The van der Waals surface area contributed by atoms with E-state index in [0.717, 1.165) is 48.4 Å². The number of nitrogens with zero attached hydrogens (tertiary/aromatic N) is 3. The lowest BCUT2D eigenvalue weighted by Crippen LogP contribution is -2.48. The standard InChI is InChI=1S/C24H21F2N3O/c25-19-9-5-17(6-10-19)23(18-7-11-20(26)12-8-18)28-13-15-29(16-14-28)24-27-21-3-1-2-4-22(21)30-24/h1-12,23H,13-16H2. The molecule has 1 aliphatic rings. The number of oxazole rings is 1. The van der Waals surface area contributed by atoms with E-state index in [1.54, 1.807) is 24.3 Å². The fourth-order valence-corrected chi connectivity index (χ4v) is 4.07. The molecule has 0 radical (unpaired) electrons. The van der Waals surface area contributed by atoms with Gasteiger partial charge in [-0.1, -0.05) is 36.4 Å². The summed E-state index contributed by atoms with van der Waals surface area (Å²) in [5.74, 6) is -0.533. The van der Waals surface area contributed by atoms with Crippen LogP contribution in [-0.4, -0.2) is 36.1 Å². The van der Waals surface area contributed by atoms with E-state index in [2.05, 4.69) is 14.8 Å². The first kappa shape index (κ1) is 18.8. The zero-order valence-electron chi connectivity index (χ0n) is 16.3. The molecule has 1 saturated heterocycles. The third-order valence-corrected chi connectivity index (χ3v) is 5.60. The third kappa shape index (κ3) is 3.66. The van der Waals surface area contributed by atoms with Crippen molar-refractivity contribution in [2.75, 3.05) is 31.1 Å². The summed E-state index contributed by atoms with van der Waals surface area (Å²) in [6.45, 7) is 3.06. The van der Waals surface area contributed by atoms with Crippen molar-refractivity contribution < 1.29 is 13.2 Å². The summed E-state index contributed by atoms with van der Waals surface area (Å²) in [4.78, 5) is 9.07. The van der Waals surface area contributed by atoms with Crippen LogP contribution in [0.1, 0.15) is 17.2 Å². The Labute approximate surface area is 173 Å². The first-order chi connectivity index (χ1) is 14.7. The smallest absolute Gasteiger partial charge is 0.298 e. The number of rotatable bonds is 4. The molecule has 1 aliphatic heterocycles. The Morgan fingerprint density at radius 2 is 1.30 bits per heavy atom. The zero-order valence-corrected chi connectivity index (χ0v) is 16.3. The number of halogens is 2. The molecule has 0 aliphatic carbocycles. The Balaban J connectivity index is 1.39. The number of piperazine rings is 1. The molecule has 1 aromatic heterocycles. The van der Waals surface area contributed by atoms with Gasteiger partial charge in [-0.3, -0.25) is 4.90 Å². The largest absolute Gasteiger partial charge is 0.423 e. The Kier molecular flexibility index (Phi) is 4.93. The summed E-state index contributed by atoms with van der Waals surface area (Å²) in [6.07, 6.45) is 0.